The SMILES string of the molecule is Cc1ccc(CO)cc1S(=O)(=O)Nc1ccc(Br)cn1. The smallest absolute Gasteiger partial charge is 0.263 e. The second kappa shape index (κ2) is 5.90. The molecule has 20 heavy (non-hydrogen) atoms. The molecule has 1 aromatic carbocycles. The second-order valence-electron chi connectivity index (χ2n) is 4.23. The number of rotatable bonds is 4. The lowest BCUT2D eigenvalue weighted by Gasteiger charge is -2.11. The van der Waals surface area contributed by atoms with Gasteiger partial charge in [-0.15, -0.1) is 0 Å². The number of halogens is 1. The van der Waals surface area contributed by atoms with Crippen molar-refractivity contribution >= 4 is 31.8 Å². The largest absolute Gasteiger partial charge is 0.392 e. The maximum atomic E-state index is 12.3. The van der Waals surface area contributed by atoms with Crippen LogP contribution >= 0.6 is 15.9 Å². The Labute approximate surface area is 125 Å². The van der Waals surface area contributed by atoms with E-state index in [1.165, 1.54) is 12.3 Å². The van der Waals surface area contributed by atoms with Crippen molar-refractivity contribution in [2.24, 2.45) is 0 Å². The lowest BCUT2D eigenvalue weighted by molar-refractivity contribution is 0.281. The van der Waals surface area contributed by atoms with Crippen molar-refractivity contribution in [3.63, 3.8) is 0 Å². The molecule has 0 bridgehead atoms. The van der Waals surface area contributed by atoms with Gasteiger partial charge in [0.15, 0.2) is 0 Å². The fraction of sp³-hybridized carbons (Fsp3) is 0.154. The van der Waals surface area contributed by atoms with Gasteiger partial charge < -0.3 is 5.11 Å². The molecule has 7 heteroatoms. The highest BCUT2D eigenvalue weighted by molar-refractivity contribution is 9.10. The molecule has 2 rings (SSSR count). The van der Waals surface area contributed by atoms with Crippen LogP contribution in [0.5, 0.6) is 0 Å². The number of nitrogens with zero attached hydrogens (tertiary/aromatic N) is 1. The maximum Gasteiger partial charge on any atom is 0.263 e. The van der Waals surface area contributed by atoms with Gasteiger partial charge in [0.2, 0.25) is 0 Å². The van der Waals surface area contributed by atoms with E-state index in [1.807, 2.05) is 0 Å². The van der Waals surface area contributed by atoms with Gasteiger partial charge in [-0.3, -0.25) is 4.72 Å². The molecule has 0 fully saturated rings. The Morgan fingerprint density at radius 3 is 2.65 bits per heavy atom. The van der Waals surface area contributed by atoms with E-state index >= 15 is 0 Å². The van der Waals surface area contributed by atoms with E-state index in [1.54, 1.807) is 31.2 Å². The number of anilines is 1. The predicted molar refractivity (Wildman–Crippen MR) is 79.8 cm³/mol. The van der Waals surface area contributed by atoms with Crippen molar-refractivity contribution in [2.45, 2.75) is 18.4 Å². The molecule has 1 heterocycles. The number of hydrogen-bond donors (Lipinski definition) is 2. The quantitative estimate of drug-likeness (QED) is 0.881. The molecule has 0 aliphatic heterocycles. The third-order valence-corrected chi connectivity index (χ3v) is 4.66. The lowest BCUT2D eigenvalue weighted by Crippen LogP contribution is -2.15. The van der Waals surface area contributed by atoms with E-state index in [4.69, 9.17) is 5.11 Å². The number of sulfonamides is 1. The average molecular weight is 357 g/mol. The van der Waals surface area contributed by atoms with E-state index < -0.39 is 10.0 Å². The summed E-state index contributed by atoms with van der Waals surface area (Å²) in [6.45, 7) is 1.49. The Bertz CT molecular complexity index is 715. The number of aromatic nitrogens is 1. The summed E-state index contributed by atoms with van der Waals surface area (Å²) in [7, 11) is -3.73. The molecule has 0 spiro atoms. The topological polar surface area (TPSA) is 79.3 Å². The summed E-state index contributed by atoms with van der Waals surface area (Å²) in [5.74, 6) is 0.238. The van der Waals surface area contributed by atoms with Crippen molar-refractivity contribution in [3.8, 4) is 0 Å². The minimum Gasteiger partial charge on any atom is -0.392 e. The monoisotopic (exact) mass is 356 g/mol. The fourth-order valence-electron chi connectivity index (χ4n) is 1.66. The van der Waals surface area contributed by atoms with Gasteiger partial charge in [0.1, 0.15) is 5.82 Å². The Balaban J connectivity index is 2.37. The normalized spacial score (nSPS) is 11.3. The van der Waals surface area contributed by atoms with Crippen molar-refractivity contribution < 1.29 is 13.5 Å². The molecule has 1 aromatic heterocycles. The molecule has 0 amide bonds. The lowest BCUT2D eigenvalue weighted by atomic mass is 10.2. The highest BCUT2D eigenvalue weighted by Gasteiger charge is 2.18. The van der Waals surface area contributed by atoms with Gasteiger partial charge in [-0.2, -0.15) is 0 Å². The van der Waals surface area contributed by atoms with Crippen LogP contribution in [0.25, 0.3) is 0 Å². The summed E-state index contributed by atoms with van der Waals surface area (Å²) < 4.78 is 27.8. The number of nitrogens with one attached hydrogen (secondary N) is 1. The standard InChI is InChI=1S/C13H13BrN2O3S/c1-9-2-3-10(8-17)6-12(9)20(18,19)16-13-5-4-11(14)7-15-13/h2-7,17H,8H2,1H3,(H,15,16). The van der Waals surface area contributed by atoms with Crippen LogP contribution in [0.1, 0.15) is 11.1 Å². The molecule has 0 atom stereocenters. The van der Waals surface area contributed by atoms with Crippen LogP contribution in [0.2, 0.25) is 0 Å². The van der Waals surface area contributed by atoms with Crippen LogP contribution in [0.15, 0.2) is 45.9 Å². The highest BCUT2D eigenvalue weighted by atomic mass is 79.9. The van der Waals surface area contributed by atoms with Crippen molar-refractivity contribution in [1.29, 1.82) is 0 Å². The van der Waals surface area contributed by atoms with E-state index in [-0.39, 0.29) is 17.3 Å². The van der Waals surface area contributed by atoms with E-state index in [9.17, 15) is 8.42 Å². The third-order valence-electron chi connectivity index (χ3n) is 2.69. The Morgan fingerprint density at radius 1 is 1.30 bits per heavy atom. The highest BCUT2D eigenvalue weighted by Crippen LogP contribution is 2.20. The molecular formula is C13H13BrN2O3S. The van der Waals surface area contributed by atoms with Crippen LogP contribution in [-0.4, -0.2) is 18.5 Å². The number of benzene rings is 1. The predicted octanol–water partition coefficient (Wildman–Crippen LogP) is 2.45. The number of hydrogen-bond acceptors (Lipinski definition) is 4. The Hall–Kier alpha value is -1.44. The first-order valence-electron chi connectivity index (χ1n) is 5.77. The zero-order chi connectivity index (χ0) is 14.8. The molecule has 106 valence electrons. The van der Waals surface area contributed by atoms with Crippen LogP contribution in [0.4, 0.5) is 5.82 Å². The minimum absolute atomic E-state index is 0.133. The first-order chi connectivity index (χ1) is 9.42. The molecule has 2 N–H and O–H groups in total. The van der Waals surface area contributed by atoms with Crippen LogP contribution in [0, 0.1) is 6.92 Å². The molecule has 5 nitrogen and oxygen atoms in total. The second-order valence-corrected chi connectivity index (χ2v) is 6.79. The van der Waals surface area contributed by atoms with Crippen molar-refractivity contribution in [1.82, 2.24) is 4.98 Å². The van der Waals surface area contributed by atoms with E-state index in [2.05, 4.69) is 25.6 Å². The fourth-order valence-corrected chi connectivity index (χ4v) is 3.20. The third kappa shape index (κ3) is 3.36. The van der Waals surface area contributed by atoms with Gasteiger partial charge in [0.25, 0.3) is 10.0 Å². The number of pyridine rings is 1. The van der Waals surface area contributed by atoms with Gasteiger partial charge in [0.05, 0.1) is 11.5 Å². The number of aliphatic hydroxyl groups excluding tert-OH is 1. The van der Waals surface area contributed by atoms with E-state index in [0.717, 1.165) is 4.47 Å². The molecular weight excluding hydrogens is 344 g/mol. The van der Waals surface area contributed by atoms with Gasteiger partial charge in [-0.05, 0) is 52.2 Å². The summed E-state index contributed by atoms with van der Waals surface area (Å²) in [5, 5.41) is 9.11. The molecule has 0 unspecified atom stereocenters. The summed E-state index contributed by atoms with van der Waals surface area (Å²) in [6, 6.07) is 8.06. The first-order valence-corrected chi connectivity index (χ1v) is 8.05. The van der Waals surface area contributed by atoms with Gasteiger partial charge in [-0.25, -0.2) is 13.4 Å². The Kier molecular flexibility index (Phi) is 4.42. The van der Waals surface area contributed by atoms with E-state index in [0.29, 0.717) is 11.1 Å². The zero-order valence-electron chi connectivity index (χ0n) is 10.7. The molecule has 0 saturated carbocycles. The van der Waals surface area contributed by atoms with Crippen LogP contribution < -0.4 is 4.72 Å². The van der Waals surface area contributed by atoms with Crippen LogP contribution in [0.3, 0.4) is 0 Å². The molecule has 2 aromatic rings. The zero-order valence-corrected chi connectivity index (χ0v) is 13.1. The van der Waals surface area contributed by atoms with Crippen LogP contribution in [-0.2, 0) is 16.6 Å². The van der Waals surface area contributed by atoms with Gasteiger partial charge in [-0.1, -0.05) is 12.1 Å². The summed E-state index contributed by atoms with van der Waals surface area (Å²) in [5.41, 5.74) is 1.14. The van der Waals surface area contributed by atoms with Gasteiger partial charge >= 0.3 is 0 Å². The molecule has 0 radical (unpaired) electrons. The average Bonchev–Trinajstić information content (AvgIpc) is 2.41. The summed E-state index contributed by atoms with van der Waals surface area (Å²) in [4.78, 5) is 4.11. The number of aryl methyl sites for hydroxylation is 1. The van der Waals surface area contributed by atoms with Crippen molar-refractivity contribution in [2.75, 3.05) is 4.72 Å². The van der Waals surface area contributed by atoms with Crippen molar-refractivity contribution in [3.05, 3.63) is 52.1 Å². The minimum atomic E-state index is -3.73. The molecule has 0 aliphatic carbocycles. The maximum absolute atomic E-state index is 12.3. The number of aliphatic hydroxyl groups is 1. The Morgan fingerprint density at radius 2 is 2.05 bits per heavy atom. The molecule has 0 saturated heterocycles. The summed E-state index contributed by atoms with van der Waals surface area (Å²) in [6.07, 6.45) is 1.51. The summed E-state index contributed by atoms with van der Waals surface area (Å²) >= 11 is 3.23. The first kappa shape index (κ1) is 15.0. The molecule has 0 aliphatic rings. The van der Waals surface area contributed by atoms with Gasteiger partial charge in [0, 0.05) is 10.7 Å².